The van der Waals surface area contributed by atoms with Crippen molar-refractivity contribution in [3.8, 4) is 5.75 Å². The second-order valence-electron chi connectivity index (χ2n) is 8.81. The standard InChI is InChI=1S/C22H33BFNO9/c1-22(2,3)34-21(27)25-17(20(26)30-4)13-14-11-15(23(28)29)19(16(24)12-14)33-10-9-32-18-7-5-6-8-31-18/h11-12,17-18,28-29H,5-10,13H2,1-4H3,(H,25,27)/t17-,18?/m0/s1. The smallest absolute Gasteiger partial charge is 0.488 e. The molecule has 0 spiro atoms. The van der Waals surface area contributed by atoms with E-state index < -0.39 is 36.6 Å². The number of amides is 1. The summed E-state index contributed by atoms with van der Waals surface area (Å²) in [6.45, 7) is 5.69. The Hall–Kier alpha value is -2.41. The maximum absolute atomic E-state index is 14.8. The van der Waals surface area contributed by atoms with Crippen molar-refractivity contribution >= 4 is 24.6 Å². The molecule has 10 nitrogen and oxygen atoms in total. The number of ether oxygens (including phenoxy) is 5. The Kier molecular flexibility index (Phi) is 10.6. The number of alkyl carbamates (subject to hydrolysis) is 1. The van der Waals surface area contributed by atoms with Gasteiger partial charge in [-0.1, -0.05) is 6.07 Å². The zero-order valence-corrected chi connectivity index (χ0v) is 20.0. The summed E-state index contributed by atoms with van der Waals surface area (Å²) in [7, 11) is -0.894. The van der Waals surface area contributed by atoms with Crippen LogP contribution in [0.4, 0.5) is 9.18 Å². The van der Waals surface area contributed by atoms with Crippen LogP contribution in [0.1, 0.15) is 45.6 Å². The van der Waals surface area contributed by atoms with Crippen LogP contribution < -0.4 is 15.5 Å². The molecule has 1 fully saturated rings. The lowest BCUT2D eigenvalue weighted by molar-refractivity contribution is -0.165. The number of benzene rings is 1. The molecule has 1 aliphatic heterocycles. The Morgan fingerprint density at radius 2 is 2.00 bits per heavy atom. The van der Waals surface area contributed by atoms with E-state index in [2.05, 4.69) is 5.32 Å². The summed E-state index contributed by atoms with van der Waals surface area (Å²) >= 11 is 0. The van der Waals surface area contributed by atoms with E-state index in [0.717, 1.165) is 32.4 Å². The number of hydrogen-bond acceptors (Lipinski definition) is 9. The molecule has 1 aromatic rings. The SMILES string of the molecule is COC(=O)[C@H](Cc1cc(F)c(OCCOC2CCCCO2)c(B(O)O)c1)NC(=O)OC(C)(C)C. The summed E-state index contributed by atoms with van der Waals surface area (Å²) in [5.74, 6) is -1.99. The van der Waals surface area contributed by atoms with E-state index in [-0.39, 0.29) is 42.7 Å². The Morgan fingerprint density at radius 1 is 1.26 bits per heavy atom. The van der Waals surface area contributed by atoms with E-state index in [4.69, 9.17) is 23.7 Å². The van der Waals surface area contributed by atoms with E-state index in [9.17, 15) is 24.0 Å². The number of carbonyl (C=O) groups excluding carboxylic acids is 2. The summed E-state index contributed by atoms with van der Waals surface area (Å²) in [4.78, 5) is 24.3. The molecule has 1 saturated heterocycles. The van der Waals surface area contributed by atoms with Crippen LogP contribution in [0.5, 0.6) is 5.75 Å². The monoisotopic (exact) mass is 485 g/mol. The van der Waals surface area contributed by atoms with Crippen molar-refractivity contribution in [2.24, 2.45) is 0 Å². The molecule has 190 valence electrons. The van der Waals surface area contributed by atoms with E-state index in [1.165, 1.54) is 6.07 Å². The fraction of sp³-hybridized carbons (Fsp3) is 0.636. The number of carbonyl (C=O) groups is 2. The minimum Gasteiger partial charge on any atom is -0.488 e. The van der Waals surface area contributed by atoms with Gasteiger partial charge in [0.15, 0.2) is 17.9 Å². The van der Waals surface area contributed by atoms with Crippen molar-refractivity contribution in [2.75, 3.05) is 26.9 Å². The zero-order valence-electron chi connectivity index (χ0n) is 20.0. The maximum Gasteiger partial charge on any atom is 0.492 e. The van der Waals surface area contributed by atoms with Crippen molar-refractivity contribution in [2.45, 2.75) is 64.4 Å². The molecule has 1 heterocycles. The van der Waals surface area contributed by atoms with Crippen LogP contribution >= 0.6 is 0 Å². The molecule has 12 heteroatoms. The molecule has 0 bridgehead atoms. The molecule has 0 radical (unpaired) electrons. The Bertz CT molecular complexity index is 825. The fourth-order valence-corrected chi connectivity index (χ4v) is 3.32. The van der Waals surface area contributed by atoms with Crippen LogP contribution in [0.25, 0.3) is 0 Å². The van der Waals surface area contributed by atoms with Crippen LogP contribution in [-0.4, -0.2) is 74.1 Å². The van der Waals surface area contributed by atoms with Gasteiger partial charge in [-0.05, 0) is 51.7 Å². The molecule has 0 saturated carbocycles. The molecule has 2 atom stereocenters. The normalized spacial score (nSPS) is 17.0. The average Bonchev–Trinajstić information content (AvgIpc) is 2.75. The average molecular weight is 485 g/mol. The van der Waals surface area contributed by atoms with Crippen molar-refractivity contribution in [1.82, 2.24) is 5.32 Å². The number of rotatable bonds is 10. The van der Waals surface area contributed by atoms with Gasteiger partial charge in [0.2, 0.25) is 0 Å². The van der Waals surface area contributed by atoms with Crippen molar-refractivity contribution in [3.63, 3.8) is 0 Å². The minimum atomic E-state index is -2.04. The maximum atomic E-state index is 14.8. The highest BCUT2D eigenvalue weighted by atomic mass is 19.1. The van der Waals surface area contributed by atoms with Gasteiger partial charge in [0.05, 0.1) is 13.7 Å². The Labute approximate surface area is 198 Å². The number of esters is 1. The first-order chi connectivity index (χ1) is 16.0. The molecule has 0 aliphatic carbocycles. The lowest BCUT2D eigenvalue weighted by atomic mass is 9.78. The summed E-state index contributed by atoms with van der Waals surface area (Å²) < 4.78 is 41.1. The first-order valence-electron chi connectivity index (χ1n) is 11.1. The molecular weight excluding hydrogens is 452 g/mol. The fourth-order valence-electron chi connectivity index (χ4n) is 3.32. The minimum absolute atomic E-state index is 0.0408. The van der Waals surface area contributed by atoms with Gasteiger partial charge in [-0.2, -0.15) is 0 Å². The summed E-state index contributed by atoms with van der Waals surface area (Å²) in [5.41, 5.74) is -0.826. The molecule has 1 amide bonds. The van der Waals surface area contributed by atoms with Crippen molar-refractivity contribution in [1.29, 1.82) is 0 Å². The lowest BCUT2D eigenvalue weighted by Gasteiger charge is -2.23. The topological polar surface area (TPSA) is 133 Å². The number of nitrogens with one attached hydrogen (secondary N) is 1. The first kappa shape index (κ1) is 27.8. The largest absolute Gasteiger partial charge is 0.492 e. The van der Waals surface area contributed by atoms with Crippen LogP contribution in [0.15, 0.2) is 12.1 Å². The summed E-state index contributed by atoms with van der Waals surface area (Å²) in [6.07, 6.45) is 1.37. The predicted molar refractivity (Wildman–Crippen MR) is 120 cm³/mol. The van der Waals surface area contributed by atoms with Crippen LogP contribution in [-0.2, 0) is 30.2 Å². The Morgan fingerprint density at radius 3 is 2.59 bits per heavy atom. The van der Waals surface area contributed by atoms with Gasteiger partial charge >= 0.3 is 19.2 Å². The molecule has 1 aromatic carbocycles. The van der Waals surface area contributed by atoms with Gasteiger partial charge in [0, 0.05) is 18.5 Å². The van der Waals surface area contributed by atoms with Crippen molar-refractivity contribution < 1.29 is 47.7 Å². The molecule has 1 aliphatic rings. The van der Waals surface area contributed by atoms with E-state index in [1.54, 1.807) is 20.8 Å². The van der Waals surface area contributed by atoms with Gasteiger partial charge in [-0.25, -0.2) is 14.0 Å². The van der Waals surface area contributed by atoms with E-state index in [1.807, 2.05) is 0 Å². The lowest BCUT2D eigenvalue weighted by Crippen LogP contribution is -2.45. The predicted octanol–water partition coefficient (Wildman–Crippen LogP) is 1.04. The van der Waals surface area contributed by atoms with Crippen LogP contribution in [0, 0.1) is 5.82 Å². The number of hydrogen-bond donors (Lipinski definition) is 3. The third kappa shape index (κ3) is 9.09. The second-order valence-corrected chi connectivity index (χ2v) is 8.81. The van der Waals surface area contributed by atoms with Gasteiger partial charge in [-0.3, -0.25) is 0 Å². The first-order valence-corrected chi connectivity index (χ1v) is 11.1. The van der Waals surface area contributed by atoms with E-state index in [0.29, 0.717) is 6.61 Å². The zero-order chi connectivity index (χ0) is 25.3. The van der Waals surface area contributed by atoms with Gasteiger partial charge in [0.25, 0.3) is 0 Å². The van der Waals surface area contributed by atoms with E-state index >= 15 is 0 Å². The molecule has 0 aromatic heterocycles. The highest BCUT2D eigenvalue weighted by molar-refractivity contribution is 6.59. The quantitative estimate of drug-likeness (QED) is 0.253. The van der Waals surface area contributed by atoms with Crippen LogP contribution in [0.3, 0.4) is 0 Å². The van der Waals surface area contributed by atoms with Crippen LogP contribution in [0.2, 0.25) is 0 Å². The summed E-state index contributed by atoms with van der Waals surface area (Å²) in [6, 6.07) is 1.17. The van der Waals surface area contributed by atoms with Gasteiger partial charge in [-0.15, -0.1) is 0 Å². The molecule has 3 N–H and O–H groups in total. The second kappa shape index (κ2) is 12.9. The molecule has 1 unspecified atom stereocenters. The highest BCUT2D eigenvalue weighted by Gasteiger charge is 2.28. The molecule has 34 heavy (non-hydrogen) atoms. The molecule has 2 rings (SSSR count). The Balaban J connectivity index is 2.08. The number of methoxy groups -OCH3 is 1. The third-order valence-corrected chi connectivity index (χ3v) is 4.80. The number of halogens is 1. The third-order valence-electron chi connectivity index (χ3n) is 4.80. The van der Waals surface area contributed by atoms with Crippen molar-refractivity contribution in [3.05, 3.63) is 23.5 Å². The van der Waals surface area contributed by atoms with Gasteiger partial charge in [0.1, 0.15) is 18.2 Å². The van der Waals surface area contributed by atoms with Gasteiger partial charge < -0.3 is 39.0 Å². The molecular formula is C22H33BFNO9. The summed E-state index contributed by atoms with van der Waals surface area (Å²) in [5, 5.41) is 21.9. The highest BCUT2D eigenvalue weighted by Crippen LogP contribution is 2.19.